The highest BCUT2D eigenvalue weighted by molar-refractivity contribution is 5.86. The smallest absolute Gasteiger partial charge is 0.174 e. The van der Waals surface area contributed by atoms with Crippen LogP contribution in [-0.2, 0) is 6.54 Å². The molecule has 0 spiro atoms. The normalized spacial score (nSPS) is 15.5. The third-order valence-corrected chi connectivity index (χ3v) is 6.71. The molecule has 0 amide bonds. The third-order valence-electron chi connectivity index (χ3n) is 6.71. The van der Waals surface area contributed by atoms with Crippen molar-refractivity contribution in [3.05, 3.63) is 102 Å². The molecule has 3 aromatic carbocycles. The second-order valence-corrected chi connectivity index (χ2v) is 9.00. The second-order valence-electron chi connectivity index (χ2n) is 9.00. The van der Waals surface area contributed by atoms with E-state index in [4.69, 9.17) is 14.8 Å². The molecule has 1 atom stereocenters. The van der Waals surface area contributed by atoms with Crippen molar-refractivity contribution in [2.75, 3.05) is 7.11 Å². The molecular formula is C29H27N5O. The van der Waals surface area contributed by atoms with E-state index in [2.05, 4.69) is 58.2 Å². The summed E-state index contributed by atoms with van der Waals surface area (Å²) in [4.78, 5) is 9.28. The monoisotopic (exact) mass is 461 g/mol. The molecule has 0 saturated carbocycles. The number of aryl methyl sites for hydroxylation is 2. The summed E-state index contributed by atoms with van der Waals surface area (Å²) in [7, 11) is 1.69. The van der Waals surface area contributed by atoms with Crippen molar-refractivity contribution in [1.29, 1.82) is 0 Å². The largest absolute Gasteiger partial charge is 0.495 e. The second kappa shape index (κ2) is 8.87. The van der Waals surface area contributed by atoms with Crippen LogP contribution in [0, 0.1) is 6.92 Å². The summed E-state index contributed by atoms with van der Waals surface area (Å²) in [6.07, 6.45) is 10.00. The van der Waals surface area contributed by atoms with Gasteiger partial charge in [-0.25, -0.2) is 14.6 Å². The number of benzene rings is 3. The molecule has 5 aromatic rings. The molecule has 6 heteroatoms. The van der Waals surface area contributed by atoms with Gasteiger partial charge < -0.3 is 9.30 Å². The maximum atomic E-state index is 5.65. The molecule has 174 valence electrons. The fraction of sp³-hybridized carbons (Fsp3) is 0.207. The average molecular weight is 462 g/mol. The van der Waals surface area contributed by atoms with Gasteiger partial charge in [0, 0.05) is 18.7 Å². The van der Waals surface area contributed by atoms with Gasteiger partial charge >= 0.3 is 0 Å². The summed E-state index contributed by atoms with van der Waals surface area (Å²) >= 11 is 0. The first-order valence-electron chi connectivity index (χ1n) is 12.0. The molecule has 0 aliphatic carbocycles. The molecule has 0 saturated heterocycles. The molecule has 1 aliphatic rings. The van der Waals surface area contributed by atoms with Crippen LogP contribution in [0.2, 0.25) is 0 Å². The molecule has 0 N–H and O–H groups in total. The quantitative estimate of drug-likeness (QED) is 0.321. The lowest BCUT2D eigenvalue weighted by molar-refractivity contribution is 0.413. The van der Waals surface area contributed by atoms with Gasteiger partial charge in [-0.15, -0.1) is 0 Å². The molecule has 2 aromatic heterocycles. The number of hydrogen-bond acceptors (Lipinski definition) is 4. The zero-order valence-electron chi connectivity index (χ0n) is 19.9. The van der Waals surface area contributed by atoms with Gasteiger partial charge in [0.25, 0.3) is 0 Å². The highest BCUT2D eigenvalue weighted by Gasteiger charge is 2.26. The van der Waals surface area contributed by atoms with Gasteiger partial charge in [-0.05, 0) is 59.9 Å². The van der Waals surface area contributed by atoms with E-state index in [9.17, 15) is 0 Å². The van der Waals surface area contributed by atoms with Crippen LogP contribution in [0.15, 0.2) is 73.2 Å². The maximum Gasteiger partial charge on any atom is 0.174 e. The van der Waals surface area contributed by atoms with Gasteiger partial charge in [0.05, 0.1) is 24.8 Å². The topological polar surface area (TPSA) is 57.8 Å². The van der Waals surface area contributed by atoms with Gasteiger partial charge in [0.1, 0.15) is 11.6 Å². The van der Waals surface area contributed by atoms with Crippen molar-refractivity contribution in [1.82, 2.24) is 24.3 Å². The van der Waals surface area contributed by atoms with Crippen molar-refractivity contribution in [3.63, 3.8) is 0 Å². The molecule has 1 aliphatic heterocycles. The Balaban J connectivity index is 1.30. The number of imidazole rings is 1. The molecule has 3 heterocycles. The van der Waals surface area contributed by atoms with Crippen molar-refractivity contribution in [2.45, 2.75) is 32.2 Å². The van der Waals surface area contributed by atoms with E-state index in [1.54, 1.807) is 13.4 Å². The van der Waals surface area contributed by atoms with E-state index in [1.807, 2.05) is 42.0 Å². The first-order chi connectivity index (χ1) is 17.2. The van der Waals surface area contributed by atoms with E-state index in [0.29, 0.717) is 0 Å². The summed E-state index contributed by atoms with van der Waals surface area (Å²) in [5, 5.41) is 7.38. The number of fused-ring (bicyclic) bond motifs is 2. The van der Waals surface area contributed by atoms with Crippen molar-refractivity contribution >= 4 is 22.9 Å². The summed E-state index contributed by atoms with van der Waals surface area (Å²) in [5.41, 5.74) is 4.29. The predicted molar refractivity (Wildman–Crippen MR) is 139 cm³/mol. The van der Waals surface area contributed by atoms with Crippen molar-refractivity contribution in [2.24, 2.45) is 0 Å². The SMILES string of the molecule is COc1cc(C=Cc2nc3n(n2)CCC[C@@H]3c2cccc3ccccc23)ccc1-n1cnc(C)c1. The molecule has 6 nitrogen and oxygen atoms in total. The lowest BCUT2D eigenvalue weighted by Crippen LogP contribution is -2.18. The highest BCUT2D eigenvalue weighted by atomic mass is 16.5. The zero-order chi connectivity index (χ0) is 23.8. The summed E-state index contributed by atoms with van der Waals surface area (Å²) < 4.78 is 9.70. The maximum absolute atomic E-state index is 5.65. The average Bonchev–Trinajstić information content (AvgIpc) is 3.52. The van der Waals surface area contributed by atoms with Crippen LogP contribution in [0.5, 0.6) is 5.75 Å². The van der Waals surface area contributed by atoms with E-state index in [-0.39, 0.29) is 5.92 Å². The molecule has 35 heavy (non-hydrogen) atoms. The summed E-state index contributed by atoms with van der Waals surface area (Å²) in [6.45, 7) is 2.88. The number of hydrogen-bond donors (Lipinski definition) is 0. The lowest BCUT2D eigenvalue weighted by atomic mass is 9.88. The van der Waals surface area contributed by atoms with Gasteiger partial charge in [0.2, 0.25) is 0 Å². The van der Waals surface area contributed by atoms with E-state index >= 15 is 0 Å². The Bertz CT molecular complexity index is 1540. The Hall–Kier alpha value is -4.19. The fourth-order valence-corrected chi connectivity index (χ4v) is 5.02. The van der Waals surface area contributed by atoms with E-state index in [1.165, 1.54) is 16.3 Å². The summed E-state index contributed by atoms with van der Waals surface area (Å²) in [6, 6.07) is 21.3. The van der Waals surface area contributed by atoms with Gasteiger partial charge in [-0.1, -0.05) is 54.6 Å². The molecule has 0 bridgehead atoms. The molecule has 0 fully saturated rings. The van der Waals surface area contributed by atoms with Crippen molar-refractivity contribution in [3.8, 4) is 11.4 Å². The predicted octanol–water partition coefficient (Wildman–Crippen LogP) is 6.03. The Kier molecular flexibility index (Phi) is 5.41. The first-order valence-corrected chi connectivity index (χ1v) is 12.0. The van der Waals surface area contributed by atoms with E-state index < -0.39 is 0 Å². The number of rotatable bonds is 5. The number of methoxy groups -OCH3 is 1. The first kappa shape index (κ1) is 21.4. The third kappa shape index (κ3) is 4.01. The minimum atomic E-state index is 0.252. The highest BCUT2D eigenvalue weighted by Crippen LogP contribution is 2.36. The summed E-state index contributed by atoms with van der Waals surface area (Å²) in [5.74, 6) is 2.83. The number of ether oxygens (including phenoxy) is 1. The minimum absolute atomic E-state index is 0.252. The Labute approximate surface area is 204 Å². The standard InChI is InChI=1S/C29H27N5O/c1-20-18-33(19-30-20)26-14-12-21(17-27(26)35-2)13-15-28-31-29-25(11-6-16-34(29)32-28)24-10-5-8-22-7-3-4-9-23(22)24/h3-5,7-10,12-15,17-19,25H,6,11,16H2,1-2H3/t25-/m1/s1. The van der Waals surface area contributed by atoms with Crippen LogP contribution < -0.4 is 4.74 Å². The molecule has 0 radical (unpaired) electrons. The van der Waals surface area contributed by atoms with Crippen LogP contribution in [0.1, 0.15) is 47.2 Å². The minimum Gasteiger partial charge on any atom is -0.495 e. The Morgan fingerprint density at radius 2 is 1.91 bits per heavy atom. The number of nitrogens with zero attached hydrogens (tertiary/aromatic N) is 5. The van der Waals surface area contributed by atoms with Gasteiger partial charge in [-0.2, -0.15) is 5.10 Å². The van der Waals surface area contributed by atoms with Crippen LogP contribution in [0.4, 0.5) is 0 Å². The van der Waals surface area contributed by atoms with Crippen LogP contribution in [0.25, 0.3) is 28.6 Å². The van der Waals surface area contributed by atoms with Crippen molar-refractivity contribution < 1.29 is 4.74 Å². The fourth-order valence-electron chi connectivity index (χ4n) is 5.02. The van der Waals surface area contributed by atoms with Gasteiger partial charge in [0.15, 0.2) is 5.82 Å². The van der Waals surface area contributed by atoms with E-state index in [0.717, 1.165) is 53.7 Å². The lowest BCUT2D eigenvalue weighted by Gasteiger charge is -2.23. The molecule has 0 unspecified atom stereocenters. The number of aromatic nitrogens is 5. The molecular weight excluding hydrogens is 434 g/mol. The van der Waals surface area contributed by atoms with Crippen LogP contribution >= 0.6 is 0 Å². The van der Waals surface area contributed by atoms with Crippen LogP contribution in [-0.4, -0.2) is 31.4 Å². The zero-order valence-corrected chi connectivity index (χ0v) is 19.9. The van der Waals surface area contributed by atoms with Gasteiger partial charge in [-0.3, -0.25) is 0 Å². The Morgan fingerprint density at radius 1 is 1.03 bits per heavy atom. The molecule has 6 rings (SSSR count). The van der Waals surface area contributed by atoms with Crippen LogP contribution in [0.3, 0.4) is 0 Å². The Morgan fingerprint density at radius 3 is 2.77 bits per heavy atom.